The molecule has 0 N–H and O–H groups in total. The third kappa shape index (κ3) is 9.72. The average molecular weight is 328 g/mol. The van der Waals surface area contributed by atoms with Gasteiger partial charge in [-0.05, 0) is 12.5 Å². The number of carbonyl (C=O) groups excluding carboxylic acids is 3. The fourth-order valence-corrected chi connectivity index (χ4v) is 1.80. The summed E-state index contributed by atoms with van der Waals surface area (Å²) in [4.78, 5) is 23.2. The van der Waals surface area contributed by atoms with Crippen molar-refractivity contribution in [2.24, 2.45) is 5.10 Å². The zero-order chi connectivity index (χ0) is 15.3. The van der Waals surface area contributed by atoms with Gasteiger partial charge in [0.25, 0.3) is 0 Å². The van der Waals surface area contributed by atoms with E-state index >= 15 is 0 Å². The van der Waals surface area contributed by atoms with E-state index in [0.717, 1.165) is 6.42 Å². The first kappa shape index (κ1) is 27.6. The largest absolute Gasteiger partial charge is 4.00 e. The minimum atomic E-state index is 0. The summed E-state index contributed by atoms with van der Waals surface area (Å²) in [6.45, 7) is 11.8. The Bertz CT molecular complexity index is 370. The third-order valence-corrected chi connectivity index (χ3v) is 2.45. The van der Waals surface area contributed by atoms with Crippen LogP contribution in [0.25, 0.3) is 0 Å². The Morgan fingerprint density at radius 1 is 1.05 bits per heavy atom. The van der Waals surface area contributed by atoms with E-state index in [-0.39, 0.29) is 24.8 Å². The maximum absolute atomic E-state index is 7.75. The van der Waals surface area contributed by atoms with E-state index in [2.05, 4.69) is 56.7 Å². The smallest absolute Gasteiger partial charge is 0.545 e. The van der Waals surface area contributed by atoms with Crippen molar-refractivity contribution < 1.29 is 31.7 Å². The van der Waals surface area contributed by atoms with E-state index in [1.807, 2.05) is 18.1 Å². The first-order chi connectivity index (χ1) is 9.27. The van der Waals surface area contributed by atoms with Crippen molar-refractivity contribution in [2.75, 3.05) is 7.05 Å². The van der Waals surface area contributed by atoms with Gasteiger partial charge in [-0.1, -0.05) is 30.3 Å². The molecule has 2 rings (SSSR count). The summed E-state index contributed by atoms with van der Waals surface area (Å²) < 4.78 is 0. The molecule has 0 saturated carbocycles. The molecule has 21 heavy (non-hydrogen) atoms. The van der Waals surface area contributed by atoms with Gasteiger partial charge in [-0.25, -0.2) is 0 Å². The summed E-state index contributed by atoms with van der Waals surface area (Å²) in [6.07, 6.45) is 1.06. The molecule has 5 nitrogen and oxygen atoms in total. The fourth-order valence-electron chi connectivity index (χ4n) is 1.80. The van der Waals surface area contributed by atoms with Crippen molar-refractivity contribution in [2.45, 2.75) is 19.4 Å². The molecule has 0 radical (unpaired) electrons. The van der Waals surface area contributed by atoms with Gasteiger partial charge in [0, 0.05) is 19.2 Å². The Morgan fingerprint density at radius 3 is 1.81 bits per heavy atom. The van der Waals surface area contributed by atoms with Crippen LogP contribution in [0.3, 0.4) is 0 Å². The molecule has 0 saturated heterocycles. The van der Waals surface area contributed by atoms with Gasteiger partial charge in [0.2, 0.25) is 0 Å². The number of rotatable bonds is 1. The van der Waals surface area contributed by atoms with Gasteiger partial charge in [0.15, 0.2) is 0 Å². The summed E-state index contributed by atoms with van der Waals surface area (Å²) in [7, 11) is 2.04. The van der Waals surface area contributed by atoms with E-state index in [9.17, 15) is 0 Å². The summed E-state index contributed by atoms with van der Waals surface area (Å²) in [5, 5.41) is 6.44. The van der Waals surface area contributed by atoms with Crippen LogP contribution in [0.4, 0.5) is 0 Å². The van der Waals surface area contributed by atoms with Crippen LogP contribution in [0, 0.1) is 7.43 Å². The van der Waals surface area contributed by atoms with E-state index in [4.69, 9.17) is 14.4 Å². The van der Waals surface area contributed by atoms with Gasteiger partial charge in [-0.2, -0.15) is 5.10 Å². The summed E-state index contributed by atoms with van der Waals surface area (Å²) >= 11 is 0. The van der Waals surface area contributed by atoms with Gasteiger partial charge >= 0.3 is 17.4 Å². The van der Waals surface area contributed by atoms with Crippen molar-refractivity contribution in [3.8, 4) is 0 Å². The molecule has 1 aromatic carbocycles. The number of hydrogen-bond donors (Lipinski definition) is 0. The average Bonchev–Trinajstić information content (AvgIpc) is 2.85. The van der Waals surface area contributed by atoms with Gasteiger partial charge in [-0.15, -0.1) is 0 Å². The van der Waals surface area contributed by atoms with Crippen molar-refractivity contribution in [1.82, 2.24) is 5.01 Å². The van der Waals surface area contributed by atoms with Crippen molar-refractivity contribution in [1.29, 1.82) is 0 Å². The number of benzene rings is 1. The second-order valence-corrected chi connectivity index (χ2v) is 3.54. The third-order valence-electron chi connectivity index (χ3n) is 2.45. The summed E-state index contributed by atoms with van der Waals surface area (Å²) in [5.74, 6) is 0. The van der Waals surface area contributed by atoms with E-state index < -0.39 is 0 Å². The van der Waals surface area contributed by atoms with Crippen LogP contribution < -0.4 is 0 Å². The first-order valence-corrected chi connectivity index (χ1v) is 5.30. The van der Waals surface area contributed by atoms with Gasteiger partial charge in [-0.3, -0.25) is 25.4 Å². The monoisotopic (exact) mass is 328 g/mol. The van der Waals surface area contributed by atoms with E-state index in [0.29, 0.717) is 6.04 Å². The molecule has 1 aromatic rings. The van der Waals surface area contributed by atoms with Crippen molar-refractivity contribution >= 4 is 26.1 Å². The molecule has 1 heterocycles. The summed E-state index contributed by atoms with van der Waals surface area (Å²) in [6, 6.07) is 11.0. The van der Waals surface area contributed by atoms with Crippen LogP contribution >= 0.6 is 0 Å². The zero-order valence-electron chi connectivity index (χ0n) is 12.4. The standard InChI is InChI=1S/C11H14N2.3CHO.CH3.Cr/c1-9-8-11(13(2)12-9)10-6-4-3-5-7-10;3*1-2;;/h3-7,11H,8H2,1-2H3;3*1H;1H3;/q;4*-1;+4. The Kier molecular flexibility index (Phi) is 23.9. The van der Waals surface area contributed by atoms with Gasteiger partial charge in [0.05, 0.1) is 6.04 Å². The minimum absolute atomic E-state index is 0. The Morgan fingerprint density at radius 2 is 1.48 bits per heavy atom. The van der Waals surface area contributed by atoms with Crippen LogP contribution in [0.2, 0.25) is 0 Å². The minimum Gasteiger partial charge on any atom is -0.545 e. The molecule has 0 bridgehead atoms. The fraction of sp³-hybridized carbons (Fsp3) is 0.267. The molecule has 114 valence electrons. The van der Waals surface area contributed by atoms with Crippen LogP contribution in [0.15, 0.2) is 35.4 Å². The van der Waals surface area contributed by atoms with Gasteiger partial charge in [0.1, 0.15) is 0 Å². The molecule has 0 amide bonds. The van der Waals surface area contributed by atoms with Crippen LogP contribution in [-0.4, -0.2) is 38.1 Å². The van der Waals surface area contributed by atoms with Crippen molar-refractivity contribution in [3.05, 3.63) is 43.3 Å². The second kappa shape index (κ2) is 18.2. The molecule has 0 aliphatic carbocycles. The predicted octanol–water partition coefficient (Wildman–Crippen LogP) is 2.06. The Hall–Kier alpha value is -1.77. The van der Waals surface area contributed by atoms with Crippen LogP contribution in [0.5, 0.6) is 0 Å². The first-order valence-electron chi connectivity index (χ1n) is 5.30. The number of nitrogens with zero attached hydrogens (tertiary/aromatic N) is 2. The Balaban J connectivity index is -0.000000162. The quantitative estimate of drug-likeness (QED) is 0.585. The summed E-state index contributed by atoms with van der Waals surface area (Å²) in [5.41, 5.74) is 2.57. The molecular formula is C15H20CrN2O3. The number of hydrogen-bond acceptors (Lipinski definition) is 5. The zero-order valence-corrected chi connectivity index (χ0v) is 13.7. The maximum atomic E-state index is 7.75. The maximum Gasteiger partial charge on any atom is 4.00 e. The van der Waals surface area contributed by atoms with Crippen molar-refractivity contribution in [3.63, 3.8) is 0 Å². The number of hydrazone groups is 1. The Labute approximate surface area is 138 Å². The second-order valence-electron chi connectivity index (χ2n) is 3.54. The molecule has 0 fully saturated rings. The molecule has 0 spiro atoms. The molecule has 1 aliphatic heterocycles. The van der Waals surface area contributed by atoms with E-state index in [1.165, 1.54) is 11.3 Å². The molecule has 1 aliphatic rings. The normalized spacial score (nSPS) is 14.1. The SMILES string of the molecule is CC1=NN(C)C(c2ccccc2)C1.[CH-]=O.[CH-]=O.[CH-]=O.[CH3-].[Cr+4]. The molecule has 1 unspecified atom stereocenters. The topological polar surface area (TPSA) is 66.8 Å². The van der Waals surface area contributed by atoms with Crippen LogP contribution in [-0.2, 0) is 31.7 Å². The van der Waals surface area contributed by atoms with Crippen LogP contribution in [0.1, 0.15) is 24.9 Å². The molecule has 1 atom stereocenters. The van der Waals surface area contributed by atoms with Gasteiger partial charge < -0.3 is 21.8 Å². The van der Waals surface area contributed by atoms with E-state index in [1.54, 1.807) is 0 Å². The molecular weight excluding hydrogens is 308 g/mol. The molecule has 0 aromatic heterocycles. The molecule has 6 heteroatoms. The predicted molar refractivity (Wildman–Crippen MR) is 81.3 cm³/mol.